The molecule has 0 bridgehead atoms. The fourth-order valence-electron chi connectivity index (χ4n) is 5.85. The molecular weight excluding hydrogens is 507 g/mol. The van der Waals surface area contributed by atoms with Gasteiger partial charge in [-0.05, 0) is 59.3 Å². The minimum absolute atomic E-state index is 0.0853. The lowest BCUT2D eigenvalue weighted by Crippen LogP contribution is -2.60. The quantitative estimate of drug-likeness (QED) is 0.327. The maximum absolute atomic E-state index is 15.3. The molecule has 6 nitrogen and oxygen atoms in total. The standard InChI is InChI=1S/C30H60F3N3O3/c1-22(2)28(37,25(7,8)31)19-34-13-15-35(20-29(38,23(3)4)26(9,10)32)17-18-36(16-14-34)21-30(39,24(5)6)27(11,12)33/h22-24,37-39H,13-21H2,1-12H3. The Kier molecular flexibility index (Phi) is 12.0. The van der Waals surface area contributed by atoms with Crippen molar-refractivity contribution in [1.82, 2.24) is 14.7 Å². The molecule has 3 unspecified atom stereocenters. The fourth-order valence-corrected chi connectivity index (χ4v) is 5.85. The number of β-amino-alcohol motifs (C(OH)–C–C–N with tert-alkyl or cyclic N) is 3. The van der Waals surface area contributed by atoms with E-state index in [0.717, 1.165) is 0 Å². The molecule has 3 atom stereocenters. The van der Waals surface area contributed by atoms with Crippen LogP contribution in [0.5, 0.6) is 0 Å². The lowest BCUT2D eigenvalue weighted by molar-refractivity contribution is -0.137. The number of aliphatic hydroxyl groups is 3. The number of halogens is 3. The highest BCUT2D eigenvalue weighted by atomic mass is 19.2. The van der Waals surface area contributed by atoms with Crippen molar-refractivity contribution in [3.8, 4) is 0 Å². The van der Waals surface area contributed by atoms with Gasteiger partial charge in [0.25, 0.3) is 0 Å². The molecule has 0 aliphatic carbocycles. The molecule has 1 aliphatic rings. The maximum Gasteiger partial charge on any atom is 0.135 e. The molecule has 1 rings (SSSR count). The Balaban J connectivity index is 3.42. The summed E-state index contributed by atoms with van der Waals surface area (Å²) in [4.78, 5) is 5.99. The van der Waals surface area contributed by atoms with Crippen molar-refractivity contribution in [1.29, 1.82) is 0 Å². The molecule has 3 N–H and O–H groups in total. The second kappa shape index (κ2) is 12.8. The summed E-state index contributed by atoms with van der Waals surface area (Å²) in [6, 6.07) is 0. The van der Waals surface area contributed by atoms with Gasteiger partial charge in [-0.25, -0.2) is 13.2 Å². The van der Waals surface area contributed by atoms with Gasteiger partial charge in [-0.3, -0.25) is 14.7 Å². The van der Waals surface area contributed by atoms with Gasteiger partial charge in [0.05, 0.1) is 0 Å². The number of rotatable bonds is 12. The van der Waals surface area contributed by atoms with Crippen LogP contribution in [-0.4, -0.2) is 123 Å². The third kappa shape index (κ3) is 8.54. The molecule has 0 aromatic heterocycles. The molecule has 9 heteroatoms. The zero-order valence-electron chi connectivity index (χ0n) is 26.9. The number of alkyl halides is 3. The molecule has 0 aromatic carbocycles. The second-order valence-corrected chi connectivity index (χ2v) is 14.5. The van der Waals surface area contributed by atoms with E-state index in [2.05, 4.69) is 0 Å². The summed E-state index contributed by atoms with van der Waals surface area (Å²) >= 11 is 0. The highest BCUT2D eigenvalue weighted by Gasteiger charge is 2.50. The van der Waals surface area contributed by atoms with E-state index >= 15 is 13.2 Å². The molecule has 234 valence electrons. The average Bonchev–Trinajstić information content (AvgIpc) is 2.82. The summed E-state index contributed by atoms with van der Waals surface area (Å²) in [5.41, 5.74) is -10.4. The van der Waals surface area contributed by atoms with Crippen molar-refractivity contribution in [3.05, 3.63) is 0 Å². The van der Waals surface area contributed by atoms with Crippen LogP contribution in [0.15, 0.2) is 0 Å². The third-order valence-corrected chi connectivity index (χ3v) is 9.55. The maximum atomic E-state index is 15.3. The average molecular weight is 568 g/mol. The molecule has 1 heterocycles. The largest absolute Gasteiger partial charge is 0.385 e. The third-order valence-electron chi connectivity index (χ3n) is 9.55. The van der Waals surface area contributed by atoms with Gasteiger partial charge in [-0.1, -0.05) is 41.5 Å². The Morgan fingerprint density at radius 1 is 0.462 bits per heavy atom. The van der Waals surface area contributed by atoms with Gasteiger partial charge in [0.2, 0.25) is 0 Å². The van der Waals surface area contributed by atoms with E-state index in [9.17, 15) is 15.3 Å². The summed E-state index contributed by atoms with van der Waals surface area (Å²) in [5, 5.41) is 34.4. The van der Waals surface area contributed by atoms with Gasteiger partial charge in [0.1, 0.15) is 33.8 Å². The van der Waals surface area contributed by atoms with E-state index in [4.69, 9.17) is 0 Å². The monoisotopic (exact) mass is 567 g/mol. The van der Waals surface area contributed by atoms with Crippen LogP contribution >= 0.6 is 0 Å². The van der Waals surface area contributed by atoms with Crippen LogP contribution in [0, 0.1) is 17.8 Å². The van der Waals surface area contributed by atoms with Crippen molar-refractivity contribution in [2.75, 3.05) is 58.9 Å². The molecule has 1 aliphatic heterocycles. The number of nitrogens with zero attached hydrogens (tertiary/aromatic N) is 3. The minimum Gasteiger partial charge on any atom is -0.385 e. The Morgan fingerprint density at radius 2 is 0.615 bits per heavy atom. The summed E-state index contributed by atoms with van der Waals surface area (Å²) < 4.78 is 45.9. The summed E-state index contributed by atoms with van der Waals surface area (Å²) in [5.74, 6) is -1.06. The van der Waals surface area contributed by atoms with Gasteiger partial charge in [0.15, 0.2) is 0 Å². The Bertz CT molecular complexity index is 651. The van der Waals surface area contributed by atoms with E-state index in [-0.39, 0.29) is 37.4 Å². The highest BCUT2D eigenvalue weighted by molar-refractivity contribution is 5.02. The molecule has 1 saturated heterocycles. The van der Waals surface area contributed by atoms with Gasteiger partial charge < -0.3 is 15.3 Å². The van der Waals surface area contributed by atoms with Crippen molar-refractivity contribution in [3.63, 3.8) is 0 Å². The molecule has 0 amide bonds. The van der Waals surface area contributed by atoms with E-state index < -0.39 is 33.8 Å². The van der Waals surface area contributed by atoms with Crippen molar-refractivity contribution >= 4 is 0 Å². The predicted molar refractivity (Wildman–Crippen MR) is 154 cm³/mol. The summed E-state index contributed by atoms with van der Waals surface area (Å²) in [6.45, 7) is 22.2. The van der Waals surface area contributed by atoms with E-state index in [1.807, 2.05) is 14.7 Å². The first-order valence-electron chi connectivity index (χ1n) is 14.7. The van der Waals surface area contributed by atoms with Gasteiger partial charge in [0, 0.05) is 58.9 Å². The number of hydrogen-bond donors (Lipinski definition) is 3. The predicted octanol–water partition coefficient (Wildman–Crippen LogP) is 4.31. The molecule has 1 fully saturated rings. The van der Waals surface area contributed by atoms with Crippen LogP contribution in [0.2, 0.25) is 0 Å². The second-order valence-electron chi connectivity index (χ2n) is 14.5. The zero-order chi connectivity index (χ0) is 30.8. The Morgan fingerprint density at radius 3 is 0.718 bits per heavy atom. The minimum atomic E-state index is -1.86. The van der Waals surface area contributed by atoms with Crippen molar-refractivity contribution in [2.45, 2.75) is 117 Å². The Labute approximate surface area is 236 Å². The molecule has 0 spiro atoms. The zero-order valence-corrected chi connectivity index (χ0v) is 26.9. The van der Waals surface area contributed by atoms with Crippen LogP contribution in [0.4, 0.5) is 13.2 Å². The van der Waals surface area contributed by atoms with Crippen molar-refractivity contribution in [2.24, 2.45) is 17.8 Å². The van der Waals surface area contributed by atoms with E-state index in [1.54, 1.807) is 41.5 Å². The smallest absolute Gasteiger partial charge is 0.135 e. The van der Waals surface area contributed by atoms with E-state index in [1.165, 1.54) is 41.5 Å². The molecule has 0 radical (unpaired) electrons. The van der Waals surface area contributed by atoms with E-state index in [0.29, 0.717) is 39.3 Å². The molecular formula is C30H60F3N3O3. The fraction of sp³-hybridized carbons (Fsp3) is 1.00. The van der Waals surface area contributed by atoms with Crippen LogP contribution in [0.3, 0.4) is 0 Å². The lowest BCUT2D eigenvalue weighted by atomic mass is 9.77. The normalized spacial score (nSPS) is 23.3. The Hall–Kier alpha value is -0.450. The van der Waals surface area contributed by atoms with Gasteiger partial charge >= 0.3 is 0 Å². The topological polar surface area (TPSA) is 70.4 Å². The van der Waals surface area contributed by atoms with Crippen LogP contribution in [0.1, 0.15) is 83.1 Å². The molecule has 0 aromatic rings. The van der Waals surface area contributed by atoms with Gasteiger partial charge in [-0.2, -0.15) is 0 Å². The van der Waals surface area contributed by atoms with Crippen LogP contribution in [0.25, 0.3) is 0 Å². The SMILES string of the molecule is CC(C)C(O)(CN1CCN(CC(O)(C(C)C)C(C)(C)F)CCN(CC(O)(C(C)C)C(C)(C)F)CC1)C(C)(C)F. The molecule has 0 saturated carbocycles. The first-order valence-corrected chi connectivity index (χ1v) is 14.7. The van der Waals surface area contributed by atoms with Crippen LogP contribution < -0.4 is 0 Å². The molecule has 39 heavy (non-hydrogen) atoms. The summed E-state index contributed by atoms with van der Waals surface area (Å²) in [6.07, 6.45) is 0. The first kappa shape index (κ1) is 36.6. The highest BCUT2D eigenvalue weighted by Crippen LogP contribution is 2.37. The number of hydrogen-bond acceptors (Lipinski definition) is 6. The van der Waals surface area contributed by atoms with Gasteiger partial charge in [-0.15, -0.1) is 0 Å². The first-order chi connectivity index (χ1) is 17.3. The van der Waals surface area contributed by atoms with Crippen molar-refractivity contribution < 1.29 is 28.5 Å². The lowest BCUT2D eigenvalue weighted by Gasteiger charge is -2.45. The summed E-state index contributed by atoms with van der Waals surface area (Å²) in [7, 11) is 0. The van der Waals surface area contributed by atoms with Crippen LogP contribution in [-0.2, 0) is 0 Å².